The Bertz CT molecular complexity index is 684. The highest BCUT2D eigenvalue weighted by molar-refractivity contribution is 5.90. The molecule has 2 heterocycles. The van der Waals surface area contributed by atoms with Gasteiger partial charge in [-0.25, -0.2) is 9.18 Å². The molecule has 1 N–H and O–H groups in total. The highest BCUT2D eigenvalue weighted by Gasteiger charge is 2.17. The number of rotatable bonds is 4. The minimum Gasteiger partial charge on any atom is -0.485 e. The van der Waals surface area contributed by atoms with Crippen LogP contribution in [0.1, 0.15) is 34.8 Å². The molecule has 0 atom stereocenters. The van der Waals surface area contributed by atoms with Gasteiger partial charge in [0.15, 0.2) is 5.82 Å². The maximum absolute atomic E-state index is 13.2. The van der Waals surface area contributed by atoms with Crippen LogP contribution in [0.15, 0.2) is 18.2 Å². The van der Waals surface area contributed by atoms with Gasteiger partial charge >= 0.3 is 5.97 Å². The predicted octanol–water partition coefficient (Wildman–Crippen LogP) is 2.03. The molecule has 0 saturated heterocycles. The van der Waals surface area contributed by atoms with E-state index in [1.807, 2.05) is 4.57 Å². The Balaban J connectivity index is 1.80. The highest BCUT2D eigenvalue weighted by atomic mass is 19.1. The molecular formula is C14H14FN3O3. The molecule has 0 spiro atoms. The van der Waals surface area contributed by atoms with Gasteiger partial charge in [0.2, 0.25) is 0 Å². The number of carboxylic acid groups (broad SMARTS) is 1. The van der Waals surface area contributed by atoms with Gasteiger partial charge in [0.25, 0.3) is 0 Å². The zero-order chi connectivity index (χ0) is 14.8. The number of halogens is 1. The summed E-state index contributed by atoms with van der Waals surface area (Å²) in [6.45, 7) is 0.896. The van der Waals surface area contributed by atoms with Crippen LogP contribution >= 0.6 is 0 Å². The molecule has 1 aliphatic rings. The second-order valence-electron chi connectivity index (χ2n) is 4.88. The molecule has 1 aliphatic heterocycles. The Morgan fingerprint density at radius 1 is 1.38 bits per heavy atom. The quantitative estimate of drug-likeness (QED) is 0.932. The number of ether oxygens (including phenoxy) is 1. The number of nitrogens with zero attached hydrogens (tertiary/aromatic N) is 3. The van der Waals surface area contributed by atoms with Crippen molar-refractivity contribution in [3.05, 3.63) is 41.2 Å². The van der Waals surface area contributed by atoms with Gasteiger partial charge in [0.05, 0.1) is 0 Å². The van der Waals surface area contributed by atoms with Crippen molar-refractivity contribution < 1.29 is 19.0 Å². The monoisotopic (exact) mass is 291 g/mol. The van der Waals surface area contributed by atoms with Crippen molar-refractivity contribution in [2.75, 3.05) is 0 Å². The Hall–Kier alpha value is -2.44. The Morgan fingerprint density at radius 3 is 3.05 bits per heavy atom. The van der Waals surface area contributed by atoms with Gasteiger partial charge in [-0.2, -0.15) is 0 Å². The summed E-state index contributed by atoms with van der Waals surface area (Å²) in [4.78, 5) is 11.1. The topological polar surface area (TPSA) is 77.2 Å². The number of hydrogen-bond donors (Lipinski definition) is 1. The summed E-state index contributed by atoms with van der Waals surface area (Å²) < 4.78 is 20.7. The molecule has 21 heavy (non-hydrogen) atoms. The van der Waals surface area contributed by atoms with Crippen molar-refractivity contribution in [1.29, 1.82) is 0 Å². The van der Waals surface area contributed by atoms with E-state index in [1.54, 1.807) is 0 Å². The zero-order valence-electron chi connectivity index (χ0n) is 11.3. The lowest BCUT2D eigenvalue weighted by molar-refractivity contribution is 0.0691. The van der Waals surface area contributed by atoms with Crippen molar-refractivity contribution in [1.82, 2.24) is 14.8 Å². The normalized spacial score (nSPS) is 13.8. The lowest BCUT2D eigenvalue weighted by Gasteiger charge is -2.15. The van der Waals surface area contributed by atoms with Gasteiger partial charge in [0, 0.05) is 19.0 Å². The second kappa shape index (κ2) is 5.51. The lowest BCUT2D eigenvalue weighted by Crippen LogP contribution is -2.15. The maximum atomic E-state index is 13.2. The van der Waals surface area contributed by atoms with Crippen LogP contribution in [-0.4, -0.2) is 25.8 Å². The zero-order valence-corrected chi connectivity index (χ0v) is 11.3. The molecule has 6 nitrogen and oxygen atoms in total. The first-order valence-electron chi connectivity index (χ1n) is 6.72. The van der Waals surface area contributed by atoms with Crippen molar-refractivity contribution in [3.63, 3.8) is 0 Å². The molecule has 0 bridgehead atoms. The summed E-state index contributed by atoms with van der Waals surface area (Å²) in [5.74, 6) is -0.162. The summed E-state index contributed by atoms with van der Waals surface area (Å²) in [6, 6.07) is 3.35. The smallest absolute Gasteiger partial charge is 0.339 e. The van der Waals surface area contributed by atoms with E-state index >= 15 is 0 Å². The fraction of sp³-hybridized carbons (Fsp3) is 0.357. The molecule has 0 amide bonds. The standard InChI is InChI=1S/C14H14FN3O3/c15-9-4-5-10(14(19)20)11(7-9)21-8-13-17-16-12-3-1-2-6-18(12)13/h4-5,7H,1-3,6,8H2,(H,19,20). The van der Waals surface area contributed by atoms with E-state index in [1.165, 1.54) is 6.07 Å². The van der Waals surface area contributed by atoms with Crippen molar-refractivity contribution in [2.45, 2.75) is 32.4 Å². The van der Waals surface area contributed by atoms with Crippen molar-refractivity contribution in [2.24, 2.45) is 0 Å². The van der Waals surface area contributed by atoms with Gasteiger partial charge in [0.1, 0.15) is 29.6 Å². The number of carbonyl (C=O) groups is 1. The summed E-state index contributed by atoms with van der Waals surface area (Å²) in [5.41, 5.74) is -0.0743. The number of aryl methyl sites for hydroxylation is 1. The van der Waals surface area contributed by atoms with E-state index in [0.29, 0.717) is 5.82 Å². The molecule has 110 valence electrons. The van der Waals surface area contributed by atoms with E-state index in [9.17, 15) is 9.18 Å². The summed E-state index contributed by atoms with van der Waals surface area (Å²) in [5, 5.41) is 17.2. The van der Waals surface area contributed by atoms with Crippen molar-refractivity contribution in [3.8, 4) is 5.75 Å². The third kappa shape index (κ3) is 2.72. The largest absolute Gasteiger partial charge is 0.485 e. The third-order valence-corrected chi connectivity index (χ3v) is 3.47. The van der Waals surface area contributed by atoms with Crippen LogP contribution in [0, 0.1) is 5.82 Å². The molecular weight excluding hydrogens is 277 g/mol. The van der Waals surface area contributed by atoms with Crippen LogP contribution in [-0.2, 0) is 19.6 Å². The number of aromatic nitrogens is 3. The van der Waals surface area contributed by atoms with E-state index in [4.69, 9.17) is 9.84 Å². The fourth-order valence-corrected chi connectivity index (χ4v) is 2.41. The average Bonchev–Trinajstić information content (AvgIpc) is 2.88. The molecule has 2 aromatic rings. The predicted molar refractivity (Wildman–Crippen MR) is 70.7 cm³/mol. The number of benzene rings is 1. The molecule has 0 unspecified atom stereocenters. The molecule has 0 saturated carbocycles. The van der Waals surface area contributed by atoms with E-state index in [-0.39, 0.29) is 17.9 Å². The minimum absolute atomic E-state index is 0.00402. The number of hydrogen-bond acceptors (Lipinski definition) is 4. The first kappa shape index (κ1) is 13.5. The van der Waals surface area contributed by atoms with E-state index in [2.05, 4.69) is 10.2 Å². The van der Waals surface area contributed by atoms with E-state index < -0.39 is 11.8 Å². The van der Waals surface area contributed by atoms with Gasteiger partial charge < -0.3 is 14.4 Å². The van der Waals surface area contributed by atoms with Gasteiger partial charge in [-0.15, -0.1) is 10.2 Å². The van der Waals surface area contributed by atoms with Gasteiger partial charge in [-0.1, -0.05) is 0 Å². The summed E-state index contributed by atoms with van der Waals surface area (Å²) in [7, 11) is 0. The number of aromatic carboxylic acids is 1. The molecule has 7 heteroatoms. The SMILES string of the molecule is O=C(O)c1ccc(F)cc1OCc1nnc2n1CCCC2. The Kier molecular flexibility index (Phi) is 3.55. The van der Waals surface area contributed by atoms with Crippen LogP contribution in [0.5, 0.6) is 5.75 Å². The summed E-state index contributed by atoms with van der Waals surface area (Å²) in [6.07, 6.45) is 3.03. The lowest BCUT2D eigenvalue weighted by atomic mass is 10.2. The molecule has 3 rings (SSSR count). The van der Waals surface area contributed by atoms with Crippen molar-refractivity contribution >= 4 is 5.97 Å². The molecule has 0 aliphatic carbocycles. The Morgan fingerprint density at radius 2 is 2.24 bits per heavy atom. The highest BCUT2D eigenvalue weighted by Crippen LogP contribution is 2.22. The van der Waals surface area contributed by atoms with Crippen LogP contribution in [0.25, 0.3) is 0 Å². The van der Waals surface area contributed by atoms with Gasteiger partial charge in [-0.3, -0.25) is 0 Å². The van der Waals surface area contributed by atoms with Gasteiger partial charge in [-0.05, 0) is 25.0 Å². The van der Waals surface area contributed by atoms with E-state index in [0.717, 1.165) is 43.8 Å². The fourth-order valence-electron chi connectivity index (χ4n) is 2.41. The van der Waals surface area contributed by atoms with Crippen LogP contribution < -0.4 is 4.74 Å². The molecule has 1 aromatic carbocycles. The van der Waals surface area contributed by atoms with Crippen LogP contribution in [0.3, 0.4) is 0 Å². The molecule has 1 aromatic heterocycles. The number of carboxylic acids is 1. The maximum Gasteiger partial charge on any atom is 0.339 e. The first-order chi connectivity index (χ1) is 10.1. The first-order valence-corrected chi connectivity index (χ1v) is 6.72. The second-order valence-corrected chi connectivity index (χ2v) is 4.88. The molecule has 0 fully saturated rings. The average molecular weight is 291 g/mol. The van der Waals surface area contributed by atoms with Crippen LogP contribution in [0.4, 0.5) is 4.39 Å². The summed E-state index contributed by atoms with van der Waals surface area (Å²) >= 11 is 0. The minimum atomic E-state index is -1.16. The number of fused-ring (bicyclic) bond motifs is 1. The third-order valence-electron chi connectivity index (χ3n) is 3.47. The Labute approximate surface area is 120 Å². The van der Waals surface area contributed by atoms with Crippen LogP contribution in [0.2, 0.25) is 0 Å². The molecule has 0 radical (unpaired) electrons.